The number of rotatable bonds is 8. The molecule has 0 aromatic heterocycles. The molecule has 5 nitrogen and oxygen atoms in total. The van der Waals surface area contributed by atoms with E-state index in [0.717, 1.165) is 30.5 Å². The standard InChI is InChI=1S/C26H29F2N3O2/c1-2-25(20-16-21(27)18-22(28)17-20)30-13-14-31(26(32)19-30)23-6-8-24(9-7-23)33-15-5-12-29-10-3-4-11-29/h6-9,16-18H,1,3-5,10-15,19H2. The Morgan fingerprint density at radius 2 is 1.70 bits per heavy atom. The van der Waals surface area contributed by atoms with E-state index in [0.29, 0.717) is 31.0 Å². The SMILES string of the molecule is C=C=C(c1cc(F)cc(F)c1)N1CCN(c2ccc(OCCCN3CCCC3)cc2)C(=O)C1. The summed E-state index contributed by atoms with van der Waals surface area (Å²) in [5, 5.41) is 0. The van der Waals surface area contributed by atoms with Crippen LogP contribution < -0.4 is 9.64 Å². The van der Waals surface area contributed by atoms with Crippen LogP contribution in [0.5, 0.6) is 5.75 Å². The predicted molar refractivity (Wildman–Crippen MR) is 125 cm³/mol. The zero-order chi connectivity index (χ0) is 23.2. The smallest absolute Gasteiger partial charge is 0.246 e. The van der Waals surface area contributed by atoms with E-state index in [2.05, 4.69) is 17.2 Å². The minimum absolute atomic E-state index is 0.0741. The molecule has 0 radical (unpaired) electrons. The summed E-state index contributed by atoms with van der Waals surface area (Å²) in [6.45, 7) is 8.79. The van der Waals surface area contributed by atoms with Crippen molar-refractivity contribution in [1.82, 2.24) is 9.80 Å². The lowest BCUT2D eigenvalue weighted by Crippen LogP contribution is -2.49. The molecule has 2 aliphatic rings. The van der Waals surface area contributed by atoms with Crippen LogP contribution in [0.25, 0.3) is 5.70 Å². The van der Waals surface area contributed by atoms with Gasteiger partial charge in [0.1, 0.15) is 17.4 Å². The molecular weight excluding hydrogens is 424 g/mol. The molecule has 7 heteroatoms. The third-order valence-electron chi connectivity index (χ3n) is 6.07. The minimum atomic E-state index is -0.680. The first kappa shape index (κ1) is 23.0. The Balaban J connectivity index is 1.31. The van der Waals surface area contributed by atoms with Crippen LogP contribution in [0.3, 0.4) is 0 Å². The summed E-state index contributed by atoms with van der Waals surface area (Å²) >= 11 is 0. The summed E-state index contributed by atoms with van der Waals surface area (Å²) in [4.78, 5) is 18.8. The van der Waals surface area contributed by atoms with Crippen molar-refractivity contribution in [3.63, 3.8) is 0 Å². The molecule has 2 saturated heterocycles. The van der Waals surface area contributed by atoms with Crippen molar-refractivity contribution in [2.75, 3.05) is 50.8 Å². The number of hydrogen-bond acceptors (Lipinski definition) is 4. The van der Waals surface area contributed by atoms with E-state index in [1.54, 1.807) is 9.80 Å². The van der Waals surface area contributed by atoms with Crippen LogP contribution in [0.2, 0.25) is 0 Å². The van der Waals surface area contributed by atoms with Gasteiger partial charge in [-0.2, -0.15) is 0 Å². The van der Waals surface area contributed by atoms with Crippen LogP contribution in [-0.2, 0) is 4.79 Å². The molecule has 4 rings (SSSR count). The lowest BCUT2D eigenvalue weighted by atomic mass is 10.1. The quantitative estimate of drug-likeness (QED) is 0.441. The summed E-state index contributed by atoms with van der Waals surface area (Å²) in [5.74, 6) is -0.677. The molecule has 2 aliphatic heterocycles. The fourth-order valence-corrected chi connectivity index (χ4v) is 4.43. The number of halogens is 2. The second-order valence-corrected chi connectivity index (χ2v) is 8.40. The summed E-state index contributed by atoms with van der Waals surface area (Å²) < 4.78 is 33.1. The minimum Gasteiger partial charge on any atom is -0.494 e. The highest BCUT2D eigenvalue weighted by Gasteiger charge is 2.27. The van der Waals surface area contributed by atoms with Crippen molar-refractivity contribution in [1.29, 1.82) is 0 Å². The monoisotopic (exact) mass is 453 g/mol. The van der Waals surface area contributed by atoms with Gasteiger partial charge in [-0.05, 0) is 68.8 Å². The zero-order valence-corrected chi connectivity index (χ0v) is 18.7. The third-order valence-corrected chi connectivity index (χ3v) is 6.07. The van der Waals surface area contributed by atoms with E-state index < -0.39 is 11.6 Å². The Morgan fingerprint density at radius 1 is 1.00 bits per heavy atom. The number of ether oxygens (including phenoxy) is 1. The van der Waals surface area contributed by atoms with Gasteiger partial charge >= 0.3 is 0 Å². The van der Waals surface area contributed by atoms with Gasteiger partial charge in [0.25, 0.3) is 0 Å². The van der Waals surface area contributed by atoms with Crippen LogP contribution in [0.1, 0.15) is 24.8 Å². The molecule has 0 aliphatic carbocycles. The number of likely N-dealkylation sites (tertiary alicyclic amines) is 1. The van der Waals surface area contributed by atoms with Gasteiger partial charge in [0.2, 0.25) is 5.91 Å². The molecule has 0 spiro atoms. The van der Waals surface area contributed by atoms with E-state index in [-0.39, 0.29) is 12.5 Å². The molecule has 0 atom stereocenters. The first-order valence-electron chi connectivity index (χ1n) is 11.4. The zero-order valence-electron chi connectivity index (χ0n) is 18.7. The van der Waals surface area contributed by atoms with E-state index in [1.807, 2.05) is 24.3 Å². The van der Waals surface area contributed by atoms with Crippen molar-refractivity contribution in [2.45, 2.75) is 19.3 Å². The van der Waals surface area contributed by atoms with Gasteiger partial charge in [-0.1, -0.05) is 6.58 Å². The van der Waals surface area contributed by atoms with Gasteiger partial charge in [-0.15, -0.1) is 5.73 Å². The van der Waals surface area contributed by atoms with Crippen LogP contribution >= 0.6 is 0 Å². The van der Waals surface area contributed by atoms with Crippen molar-refractivity contribution >= 4 is 17.3 Å². The van der Waals surface area contributed by atoms with E-state index in [4.69, 9.17) is 4.74 Å². The Kier molecular flexibility index (Phi) is 7.43. The number of amides is 1. The van der Waals surface area contributed by atoms with E-state index >= 15 is 0 Å². The number of anilines is 1. The van der Waals surface area contributed by atoms with Crippen LogP contribution in [0.4, 0.5) is 14.5 Å². The summed E-state index contributed by atoms with van der Waals surface area (Å²) in [5.41, 5.74) is 4.26. The van der Waals surface area contributed by atoms with Gasteiger partial charge in [0.05, 0.1) is 18.8 Å². The molecule has 0 saturated carbocycles. The topological polar surface area (TPSA) is 36.0 Å². The van der Waals surface area contributed by atoms with E-state index in [9.17, 15) is 13.6 Å². The first-order chi connectivity index (χ1) is 16.0. The molecule has 33 heavy (non-hydrogen) atoms. The Hall–Kier alpha value is -3.15. The highest BCUT2D eigenvalue weighted by Crippen LogP contribution is 2.26. The van der Waals surface area contributed by atoms with Crippen molar-refractivity contribution in [3.8, 4) is 5.75 Å². The average molecular weight is 454 g/mol. The molecule has 0 N–H and O–H groups in total. The van der Waals surface area contributed by atoms with Gasteiger partial charge in [-0.25, -0.2) is 8.78 Å². The number of carbonyl (C=O) groups is 1. The van der Waals surface area contributed by atoms with Crippen LogP contribution in [-0.4, -0.2) is 61.6 Å². The number of hydrogen-bond donors (Lipinski definition) is 0. The second-order valence-electron chi connectivity index (χ2n) is 8.40. The third kappa shape index (κ3) is 5.81. The molecule has 2 aromatic carbocycles. The summed E-state index contributed by atoms with van der Waals surface area (Å²) in [7, 11) is 0. The molecular formula is C26H29F2N3O2. The highest BCUT2D eigenvalue weighted by molar-refractivity contribution is 5.96. The Labute approximate surface area is 193 Å². The van der Waals surface area contributed by atoms with Crippen molar-refractivity contribution < 1.29 is 18.3 Å². The summed E-state index contributed by atoms with van der Waals surface area (Å²) in [6, 6.07) is 10.8. The predicted octanol–water partition coefficient (Wildman–Crippen LogP) is 4.30. The maximum atomic E-state index is 13.6. The lowest BCUT2D eigenvalue weighted by molar-refractivity contribution is -0.120. The number of piperazine rings is 1. The molecule has 2 fully saturated rings. The second kappa shape index (κ2) is 10.6. The number of nitrogens with zero attached hydrogens (tertiary/aromatic N) is 3. The maximum Gasteiger partial charge on any atom is 0.246 e. The summed E-state index contributed by atoms with van der Waals surface area (Å²) in [6.07, 6.45) is 3.59. The molecule has 1 amide bonds. The van der Waals surface area contributed by atoms with Gasteiger partial charge in [-0.3, -0.25) is 4.79 Å². The highest BCUT2D eigenvalue weighted by atomic mass is 19.1. The lowest BCUT2D eigenvalue weighted by Gasteiger charge is -2.36. The largest absolute Gasteiger partial charge is 0.494 e. The average Bonchev–Trinajstić information content (AvgIpc) is 3.31. The van der Waals surface area contributed by atoms with Crippen molar-refractivity contribution in [3.05, 3.63) is 72.0 Å². The normalized spacial score (nSPS) is 16.7. The van der Waals surface area contributed by atoms with Gasteiger partial charge in [0.15, 0.2) is 0 Å². The molecule has 0 bridgehead atoms. The number of benzene rings is 2. The molecule has 2 aromatic rings. The van der Waals surface area contributed by atoms with Gasteiger partial charge < -0.3 is 19.4 Å². The van der Waals surface area contributed by atoms with Crippen molar-refractivity contribution in [2.24, 2.45) is 0 Å². The molecule has 2 heterocycles. The fourth-order valence-electron chi connectivity index (χ4n) is 4.43. The van der Waals surface area contributed by atoms with Gasteiger partial charge in [0, 0.05) is 37.0 Å². The fraction of sp³-hybridized carbons (Fsp3) is 0.385. The van der Waals surface area contributed by atoms with Crippen LogP contribution in [0, 0.1) is 11.6 Å². The Bertz CT molecular complexity index is 1010. The Morgan fingerprint density at radius 3 is 2.33 bits per heavy atom. The molecule has 174 valence electrons. The first-order valence-corrected chi connectivity index (χ1v) is 11.4. The van der Waals surface area contributed by atoms with Crippen LogP contribution in [0.15, 0.2) is 54.8 Å². The van der Waals surface area contributed by atoms with E-state index in [1.165, 1.54) is 38.1 Å². The number of carbonyl (C=O) groups excluding carboxylic acids is 1. The maximum absolute atomic E-state index is 13.6. The molecule has 0 unspecified atom stereocenters.